The molecular weight excluding hydrogens is 343 g/mol. The van der Waals surface area contributed by atoms with Crippen LogP contribution in [0.1, 0.15) is 5.56 Å². The van der Waals surface area contributed by atoms with E-state index in [1.165, 1.54) is 12.1 Å². The molecule has 0 aliphatic carbocycles. The molecule has 0 bridgehead atoms. The molecule has 0 amide bonds. The number of rotatable bonds is 5. The molecule has 0 radical (unpaired) electrons. The number of nitrogens with zero attached hydrogens (tertiary/aromatic N) is 2. The van der Waals surface area contributed by atoms with Gasteiger partial charge in [-0.25, -0.2) is 9.37 Å². The van der Waals surface area contributed by atoms with E-state index in [0.717, 1.165) is 22.5 Å². The number of para-hydroxylation sites is 2. The number of pyridine rings is 1. The molecule has 0 aliphatic rings. The van der Waals surface area contributed by atoms with Crippen LogP contribution in [-0.4, -0.2) is 14.5 Å². The van der Waals surface area contributed by atoms with Crippen LogP contribution in [0.3, 0.4) is 0 Å². The summed E-state index contributed by atoms with van der Waals surface area (Å²) in [5.41, 5.74) is 3.94. The lowest BCUT2D eigenvalue weighted by Crippen LogP contribution is -2.16. The molecule has 0 unspecified atom stereocenters. The summed E-state index contributed by atoms with van der Waals surface area (Å²) in [5, 5.41) is 3.32. The normalized spacial score (nSPS) is 10.7. The summed E-state index contributed by atoms with van der Waals surface area (Å²) < 4.78 is 15.0. The van der Waals surface area contributed by atoms with E-state index < -0.39 is 0 Å². The van der Waals surface area contributed by atoms with Gasteiger partial charge in [0.05, 0.1) is 17.7 Å². The first-order valence-electron chi connectivity index (χ1n) is 8.49. The van der Waals surface area contributed by atoms with Crippen molar-refractivity contribution in [2.24, 2.45) is 0 Å². The van der Waals surface area contributed by atoms with Crippen molar-refractivity contribution in [1.82, 2.24) is 14.5 Å². The predicted molar refractivity (Wildman–Crippen MR) is 103 cm³/mol. The summed E-state index contributed by atoms with van der Waals surface area (Å²) in [6.07, 6.45) is 6.94. The van der Waals surface area contributed by atoms with Gasteiger partial charge in [0.1, 0.15) is 5.82 Å². The SMILES string of the molecule is O=c1[nH]cc(-c2ccc(F)cc2)cc1CNc1ccccc1-n1ccnc1. The van der Waals surface area contributed by atoms with Gasteiger partial charge >= 0.3 is 0 Å². The van der Waals surface area contributed by atoms with Crippen LogP contribution in [-0.2, 0) is 6.54 Å². The maximum atomic E-state index is 13.1. The third kappa shape index (κ3) is 3.64. The molecular formula is C21H17FN4O. The van der Waals surface area contributed by atoms with Crippen LogP contribution < -0.4 is 10.9 Å². The molecule has 0 saturated heterocycles. The van der Waals surface area contributed by atoms with Crippen LogP contribution in [0, 0.1) is 5.82 Å². The number of aromatic nitrogens is 3. The van der Waals surface area contributed by atoms with Crippen molar-refractivity contribution in [1.29, 1.82) is 0 Å². The van der Waals surface area contributed by atoms with E-state index in [9.17, 15) is 9.18 Å². The van der Waals surface area contributed by atoms with Gasteiger partial charge in [0.2, 0.25) is 0 Å². The summed E-state index contributed by atoms with van der Waals surface area (Å²) in [6.45, 7) is 0.357. The topological polar surface area (TPSA) is 62.7 Å². The Kier molecular flexibility index (Phi) is 4.53. The van der Waals surface area contributed by atoms with Crippen LogP contribution >= 0.6 is 0 Å². The first-order valence-corrected chi connectivity index (χ1v) is 8.49. The third-order valence-electron chi connectivity index (χ3n) is 4.31. The van der Waals surface area contributed by atoms with Crippen LogP contribution in [0.25, 0.3) is 16.8 Å². The maximum absolute atomic E-state index is 13.1. The average molecular weight is 360 g/mol. The first-order chi connectivity index (χ1) is 13.2. The Morgan fingerprint density at radius 3 is 2.67 bits per heavy atom. The lowest BCUT2D eigenvalue weighted by molar-refractivity contribution is 0.628. The molecule has 4 aromatic rings. The Morgan fingerprint density at radius 1 is 1.07 bits per heavy atom. The van der Waals surface area contributed by atoms with Crippen molar-refractivity contribution >= 4 is 5.69 Å². The van der Waals surface area contributed by atoms with Crippen LogP contribution in [0.4, 0.5) is 10.1 Å². The van der Waals surface area contributed by atoms with E-state index in [-0.39, 0.29) is 11.4 Å². The quantitative estimate of drug-likeness (QED) is 0.566. The number of aromatic amines is 1. The number of H-pyrrole nitrogens is 1. The van der Waals surface area contributed by atoms with Crippen LogP contribution in [0.2, 0.25) is 0 Å². The molecule has 5 nitrogen and oxygen atoms in total. The minimum atomic E-state index is -0.291. The lowest BCUT2D eigenvalue weighted by Gasteiger charge is -2.13. The highest BCUT2D eigenvalue weighted by molar-refractivity contribution is 5.64. The maximum Gasteiger partial charge on any atom is 0.252 e. The van der Waals surface area contributed by atoms with Crippen molar-refractivity contribution in [3.8, 4) is 16.8 Å². The summed E-state index contributed by atoms with van der Waals surface area (Å²) in [7, 11) is 0. The van der Waals surface area contributed by atoms with E-state index in [1.54, 1.807) is 30.9 Å². The van der Waals surface area contributed by atoms with Gasteiger partial charge in [0, 0.05) is 30.7 Å². The van der Waals surface area contributed by atoms with Gasteiger partial charge in [-0.2, -0.15) is 0 Å². The number of halogens is 1. The van der Waals surface area contributed by atoms with Gasteiger partial charge < -0.3 is 14.9 Å². The molecule has 2 aromatic heterocycles. The Hall–Kier alpha value is -3.67. The molecule has 4 rings (SSSR count). The number of imidazole rings is 1. The second kappa shape index (κ2) is 7.29. The Morgan fingerprint density at radius 2 is 1.89 bits per heavy atom. The zero-order valence-corrected chi connectivity index (χ0v) is 14.4. The molecule has 0 saturated carbocycles. The number of nitrogens with one attached hydrogen (secondary N) is 2. The van der Waals surface area contributed by atoms with Gasteiger partial charge in [-0.15, -0.1) is 0 Å². The number of hydrogen-bond donors (Lipinski definition) is 2. The minimum Gasteiger partial charge on any atom is -0.379 e. The van der Waals surface area contributed by atoms with Gasteiger partial charge in [-0.1, -0.05) is 24.3 Å². The van der Waals surface area contributed by atoms with Crippen molar-refractivity contribution in [3.63, 3.8) is 0 Å². The number of hydrogen-bond acceptors (Lipinski definition) is 3. The Balaban J connectivity index is 1.60. The minimum absolute atomic E-state index is 0.159. The van der Waals surface area contributed by atoms with Gasteiger partial charge in [0.15, 0.2) is 0 Å². The molecule has 0 spiro atoms. The summed E-state index contributed by atoms with van der Waals surface area (Å²) in [5.74, 6) is -0.291. The lowest BCUT2D eigenvalue weighted by atomic mass is 10.1. The molecule has 2 aromatic carbocycles. The van der Waals surface area contributed by atoms with Crippen LogP contribution in [0.15, 0.2) is 84.3 Å². The fraction of sp³-hybridized carbons (Fsp3) is 0.0476. The predicted octanol–water partition coefficient (Wildman–Crippen LogP) is 3.98. The van der Waals surface area contributed by atoms with Gasteiger partial charge in [-0.05, 0) is 41.5 Å². The summed E-state index contributed by atoms with van der Waals surface area (Å²) >= 11 is 0. The van der Waals surface area contributed by atoms with E-state index >= 15 is 0 Å². The number of benzene rings is 2. The third-order valence-corrected chi connectivity index (χ3v) is 4.31. The zero-order valence-electron chi connectivity index (χ0n) is 14.4. The van der Waals surface area contributed by atoms with E-state index in [4.69, 9.17) is 0 Å². The zero-order chi connectivity index (χ0) is 18.6. The monoisotopic (exact) mass is 360 g/mol. The average Bonchev–Trinajstić information content (AvgIpc) is 3.23. The Labute approximate surface area is 155 Å². The molecule has 0 atom stereocenters. The van der Waals surface area contributed by atoms with Gasteiger partial charge in [-0.3, -0.25) is 4.79 Å². The largest absolute Gasteiger partial charge is 0.379 e. The number of anilines is 1. The fourth-order valence-corrected chi connectivity index (χ4v) is 2.91. The van der Waals surface area contributed by atoms with Crippen molar-refractivity contribution < 1.29 is 4.39 Å². The molecule has 0 aliphatic heterocycles. The molecule has 6 heteroatoms. The summed E-state index contributed by atoms with van der Waals surface area (Å²) in [4.78, 5) is 19.1. The molecule has 27 heavy (non-hydrogen) atoms. The Bertz CT molecular complexity index is 1100. The van der Waals surface area contributed by atoms with Crippen molar-refractivity contribution in [2.45, 2.75) is 6.54 Å². The van der Waals surface area contributed by atoms with E-state index in [1.807, 2.05) is 41.1 Å². The fourth-order valence-electron chi connectivity index (χ4n) is 2.91. The van der Waals surface area contributed by atoms with E-state index in [2.05, 4.69) is 15.3 Å². The molecule has 0 fully saturated rings. The molecule has 2 N–H and O–H groups in total. The highest BCUT2D eigenvalue weighted by Crippen LogP contribution is 2.22. The smallest absolute Gasteiger partial charge is 0.252 e. The highest BCUT2D eigenvalue weighted by Gasteiger charge is 2.07. The van der Waals surface area contributed by atoms with Gasteiger partial charge in [0.25, 0.3) is 5.56 Å². The molecule has 134 valence electrons. The van der Waals surface area contributed by atoms with E-state index in [0.29, 0.717) is 12.1 Å². The second-order valence-electron chi connectivity index (χ2n) is 6.09. The second-order valence-corrected chi connectivity index (χ2v) is 6.09. The highest BCUT2D eigenvalue weighted by atomic mass is 19.1. The van der Waals surface area contributed by atoms with Crippen molar-refractivity contribution in [3.05, 3.63) is 101 Å². The van der Waals surface area contributed by atoms with Crippen molar-refractivity contribution in [2.75, 3.05) is 5.32 Å². The first kappa shape index (κ1) is 16.8. The summed E-state index contributed by atoms with van der Waals surface area (Å²) in [6, 6.07) is 15.8. The van der Waals surface area contributed by atoms with Crippen LogP contribution in [0.5, 0.6) is 0 Å². The molecule has 2 heterocycles. The standard InChI is InChI=1S/C21H17FN4O/c22-18-7-5-15(6-8-18)16-11-17(21(27)25-12-16)13-24-19-3-1-2-4-20(19)26-10-9-23-14-26/h1-12,14,24H,13H2,(H,25,27).